The van der Waals surface area contributed by atoms with Crippen molar-refractivity contribution in [2.75, 3.05) is 32.6 Å². The summed E-state index contributed by atoms with van der Waals surface area (Å²) >= 11 is 0. The molecule has 2 aliphatic carbocycles. The quantitative estimate of drug-likeness (QED) is 0.871. The molecule has 1 N–H and O–H groups in total. The van der Waals surface area contributed by atoms with Gasteiger partial charge in [-0.1, -0.05) is 0 Å². The van der Waals surface area contributed by atoms with Crippen molar-refractivity contribution in [2.24, 2.45) is 0 Å². The maximum Gasteiger partial charge on any atom is 0.162 e. The molecule has 2 fully saturated rings. The van der Waals surface area contributed by atoms with Gasteiger partial charge >= 0.3 is 0 Å². The summed E-state index contributed by atoms with van der Waals surface area (Å²) in [5.74, 6) is 1.52. The number of likely N-dealkylation sites (tertiary alicyclic amines) is 1. The second kappa shape index (κ2) is 6.86. The van der Waals surface area contributed by atoms with E-state index in [-0.39, 0.29) is 0 Å². The van der Waals surface area contributed by atoms with Gasteiger partial charge in [0.25, 0.3) is 0 Å². The first kappa shape index (κ1) is 17.1. The van der Waals surface area contributed by atoms with Gasteiger partial charge in [0, 0.05) is 48.0 Å². The van der Waals surface area contributed by atoms with Crippen LogP contribution in [0.5, 0.6) is 11.5 Å². The van der Waals surface area contributed by atoms with Crippen LogP contribution in [-0.2, 0) is 12.8 Å². The number of anilines is 1. The Morgan fingerprint density at radius 1 is 1.00 bits per heavy atom. The van der Waals surface area contributed by atoms with Crippen molar-refractivity contribution in [2.45, 2.75) is 57.0 Å². The fraction of sp³-hybridized carbons (Fsp3) is 0.591. The van der Waals surface area contributed by atoms with Crippen molar-refractivity contribution in [3.63, 3.8) is 0 Å². The van der Waals surface area contributed by atoms with Crippen LogP contribution < -0.4 is 14.8 Å². The molecule has 1 aliphatic heterocycles. The molecular weight excluding hydrogens is 338 g/mol. The first-order valence-electron chi connectivity index (χ1n) is 10.3. The molecular formula is C22H29N3O2. The number of benzene rings is 1. The average molecular weight is 367 g/mol. The Balaban J connectivity index is 1.50. The SMILES string of the molecule is COc1cc2nc3c(c(NC4CCN(C5CC5)CC4)c2cc1OC)CCC3. The van der Waals surface area contributed by atoms with Crippen LogP contribution in [0.2, 0.25) is 0 Å². The van der Waals surface area contributed by atoms with Gasteiger partial charge in [0.15, 0.2) is 11.5 Å². The lowest BCUT2D eigenvalue weighted by molar-refractivity contribution is 0.210. The van der Waals surface area contributed by atoms with Crippen LogP contribution in [0.1, 0.15) is 43.4 Å². The molecule has 5 rings (SSSR count). The number of aromatic nitrogens is 1. The summed E-state index contributed by atoms with van der Waals surface area (Å²) in [4.78, 5) is 7.63. The number of hydrogen-bond donors (Lipinski definition) is 1. The van der Waals surface area contributed by atoms with E-state index in [2.05, 4.69) is 16.3 Å². The van der Waals surface area contributed by atoms with Crippen LogP contribution >= 0.6 is 0 Å². The zero-order valence-electron chi connectivity index (χ0n) is 16.4. The topological polar surface area (TPSA) is 46.6 Å². The van der Waals surface area contributed by atoms with Gasteiger partial charge in [-0.25, -0.2) is 0 Å². The summed E-state index contributed by atoms with van der Waals surface area (Å²) in [5, 5.41) is 5.09. The van der Waals surface area contributed by atoms with E-state index in [1.807, 2.05) is 6.07 Å². The molecule has 2 aromatic rings. The zero-order chi connectivity index (χ0) is 18.4. The Morgan fingerprint density at radius 2 is 1.74 bits per heavy atom. The molecule has 0 radical (unpaired) electrons. The first-order chi connectivity index (χ1) is 13.3. The second-order valence-electron chi connectivity index (χ2n) is 8.18. The van der Waals surface area contributed by atoms with Gasteiger partial charge in [-0.05, 0) is 56.6 Å². The highest BCUT2D eigenvalue weighted by molar-refractivity contribution is 5.96. The third-order valence-electron chi connectivity index (χ3n) is 6.46. The lowest BCUT2D eigenvalue weighted by Gasteiger charge is -2.33. The minimum absolute atomic E-state index is 0.545. The van der Waals surface area contributed by atoms with E-state index in [4.69, 9.17) is 14.5 Å². The molecule has 1 saturated heterocycles. The lowest BCUT2D eigenvalue weighted by Crippen LogP contribution is -2.40. The Labute approximate surface area is 161 Å². The highest BCUT2D eigenvalue weighted by atomic mass is 16.5. The number of fused-ring (bicyclic) bond motifs is 2. The number of piperidine rings is 1. The highest BCUT2D eigenvalue weighted by Gasteiger charge is 2.32. The van der Waals surface area contributed by atoms with E-state index in [0.717, 1.165) is 41.3 Å². The molecule has 0 unspecified atom stereocenters. The summed E-state index contributed by atoms with van der Waals surface area (Å²) < 4.78 is 11.1. The van der Waals surface area contributed by atoms with Crippen LogP contribution in [-0.4, -0.2) is 49.3 Å². The van der Waals surface area contributed by atoms with E-state index in [0.29, 0.717) is 6.04 Å². The molecule has 2 heterocycles. The number of nitrogens with zero attached hydrogens (tertiary/aromatic N) is 2. The Hall–Kier alpha value is -2.01. The lowest BCUT2D eigenvalue weighted by atomic mass is 10.0. The van der Waals surface area contributed by atoms with Gasteiger partial charge in [0.2, 0.25) is 0 Å². The number of methoxy groups -OCH3 is 2. The van der Waals surface area contributed by atoms with E-state index >= 15 is 0 Å². The van der Waals surface area contributed by atoms with Gasteiger partial charge in [0.1, 0.15) is 0 Å². The predicted octanol–water partition coefficient (Wildman–Crippen LogP) is 3.78. The van der Waals surface area contributed by atoms with Gasteiger partial charge in [-0.2, -0.15) is 0 Å². The summed E-state index contributed by atoms with van der Waals surface area (Å²) in [5.41, 5.74) is 4.97. The molecule has 1 saturated carbocycles. The van der Waals surface area contributed by atoms with Crippen molar-refractivity contribution in [3.05, 3.63) is 23.4 Å². The molecule has 0 spiro atoms. The monoisotopic (exact) mass is 367 g/mol. The van der Waals surface area contributed by atoms with E-state index < -0.39 is 0 Å². The average Bonchev–Trinajstić information content (AvgIpc) is 3.45. The number of pyridine rings is 1. The zero-order valence-corrected chi connectivity index (χ0v) is 16.4. The third-order valence-corrected chi connectivity index (χ3v) is 6.46. The number of rotatable bonds is 5. The number of hydrogen-bond acceptors (Lipinski definition) is 5. The standard InChI is InChI=1S/C22H29N3O2/c1-26-20-12-17-19(13-21(20)27-2)24-18-5-3-4-16(18)22(17)23-14-8-10-25(11-9-14)15-6-7-15/h12-15H,3-11H2,1-2H3,(H,23,24). The third kappa shape index (κ3) is 3.12. The maximum atomic E-state index is 5.57. The van der Waals surface area contributed by atoms with Gasteiger partial charge in [-0.15, -0.1) is 0 Å². The summed E-state index contributed by atoms with van der Waals surface area (Å²) in [6.07, 6.45) is 8.65. The van der Waals surface area contributed by atoms with E-state index in [1.54, 1.807) is 14.2 Å². The molecule has 0 atom stereocenters. The van der Waals surface area contributed by atoms with Crippen molar-refractivity contribution < 1.29 is 9.47 Å². The summed E-state index contributed by atoms with van der Waals surface area (Å²) in [6.45, 7) is 2.45. The van der Waals surface area contributed by atoms with Crippen molar-refractivity contribution in [1.29, 1.82) is 0 Å². The van der Waals surface area contributed by atoms with Crippen molar-refractivity contribution in [1.82, 2.24) is 9.88 Å². The minimum Gasteiger partial charge on any atom is -0.493 e. The molecule has 3 aliphatic rings. The molecule has 5 heteroatoms. The van der Waals surface area contributed by atoms with Gasteiger partial charge in [-0.3, -0.25) is 4.98 Å². The predicted molar refractivity (Wildman–Crippen MR) is 108 cm³/mol. The fourth-order valence-electron chi connectivity index (χ4n) is 4.81. The van der Waals surface area contributed by atoms with E-state index in [9.17, 15) is 0 Å². The Morgan fingerprint density at radius 3 is 2.44 bits per heavy atom. The minimum atomic E-state index is 0.545. The molecule has 1 aromatic carbocycles. The summed E-state index contributed by atoms with van der Waals surface area (Å²) in [7, 11) is 3.38. The van der Waals surface area contributed by atoms with Crippen LogP contribution in [0, 0.1) is 0 Å². The van der Waals surface area contributed by atoms with Gasteiger partial charge in [0.05, 0.1) is 19.7 Å². The molecule has 27 heavy (non-hydrogen) atoms. The maximum absolute atomic E-state index is 5.57. The van der Waals surface area contributed by atoms with E-state index in [1.165, 1.54) is 62.1 Å². The fourth-order valence-corrected chi connectivity index (χ4v) is 4.81. The molecule has 144 valence electrons. The molecule has 0 amide bonds. The Bertz CT molecular complexity index is 854. The number of aryl methyl sites for hydroxylation is 1. The molecule has 1 aromatic heterocycles. The highest BCUT2D eigenvalue weighted by Crippen LogP contribution is 2.40. The largest absolute Gasteiger partial charge is 0.493 e. The Kier molecular flexibility index (Phi) is 4.35. The van der Waals surface area contributed by atoms with Crippen LogP contribution in [0.25, 0.3) is 10.9 Å². The van der Waals surface area contributed by atoms with Crippen molar-refractivity contribution >= 4 is 16.6 Å². The smallest absolute Gasteiger partial charge is 0.162 e. The first-order valence-corrected chi connectivity index (χ1v) is 10.3. The summed E-state index contributed by atoms with van der Waals surface area (Å²) in [6, 6.07) is 5.55. The van der Waals surface area contributed by atoms with Crippen LogP contribution in [0.15, 0.2) is 12.1 Å². The normalized spacial score (nSPS) is 20.7. The van der Waals surface area contributed by atoms with Crippen molar-refractivity contribution in [3.8, 4) is 11.5 Å². The second-order valence-corrected chi connectivity index (χ2v) is 8.18. The van der Waals surface area contributed by atoms with Crippen LogP contribution in [0.3, 0.4) is 0 Å². The van der Waals surface area contributed by atoms with Gasteiger partial charge < -0.3 is 19.7 Å². The van der Waals surface area contributed by atoms with Crippen LogP contribution in [0.4, 0.5) is 5.69 Å². The molecule has 0 bridgehead atoms. The number of ether oxygens (including phenoxy) is 2. The number of nitrogens with one attached hydrogen (secondary N) is 1. The molecule has 5 nitrogen and oxygen atoms in total.